The number of rotatable bonds is 8. The fourth-order valence-electron chi connectivity index (χ4n) is 2.34. The Labute approximate surface area is 159 Å². The van der Waals surface area contributed by atoms with E-state index in [0.29, 0.717) is 0 Å². The third kappa shape index (κ3) is 5.94. The number of ether oxygens (including phenoxy) is 2. The number of benzene rings is 1. The lowest BCUT2D eigenvalue weighted by molar-refractivity contribution is -0.406. The summed E-state index contributed by atoms with van der Waals surface area (Å²) in [6, 6.07) is 8.76. The predicted octanol–water partition coefficient (Wildman–Crippen LogP) is -2.24. The normalized spacial score (nSPS) is 28.4. The zero-order chi connectivity index (χ0) is 20.7. The molecule has 2 unspecified atom stereocenters. The molecule has 1 aromatic rings. The SMILES string of the molecule is O=C(CC(O)C(=O)OOC1O[C@H](CO)[C@@H](O)[C@H](O)[C@H]1O)OCc1ccccc1. The van der Waals surface area contributed by atoms with E-state index in [1.807, 2.05) is 0 Å². The highest BCUT2D eigenvalue weighted by atomic mass is 17.2. The van der Waals surface area contributed by atoms with Crippen LogP contribution < -0.4 is 0 Å². The van der Waals surface area contributed by atoms with Crippen LogP contribution in [0.15, 0.2) is 30.3 Å². The fraction of sp³-hybridized carbons (Fsp3) is 0.529. The van der Waals surface area contributed by atoms with E-state index in [0.717, 1.165) is 5.56 Å². The van der Waals surface area contributed by atoms with Crippen LogP contribution in [0.1, 0.15) is 12.0 Å². The van der Waals surface area contributed by atoms with Crippen molar-refractivity contribution in [2.24, 2.45) is 0 Å². The molecule has 156 valence electrons. The second kappa shape index (κ2) is 10.4. The largest absolute Gasteiger partial charge is 0.461 e. The molecule has 28 heavy (non-hydrogen) atoms. The number of aliphatic hydroxyl groups is 5. The molecule has 1 aliphatic rings. The molecule has 11 heteroatoms. The van der Waals surface area contributed by atoms with Gasteiger partial charge in [0.2, 0.25) is 6.29 Å². The summed E-state index contributed by atoms with van der Waals surface area (Å²) in [5.74, 6) is -2.23. The summed E-state index contributed by atoms with van der Waals surface area (Å²) in [6.07, 6.45) is -10.7. The zero-order valence-electron chi connectivity index (χ0n) is 14.7. The molecule has 11 nitrogen and oxygen atoms in total. The minimum Gasteiger partial charge on any atom is -0.461 e. The van der Waals surface area contributed by atoms with Crippen LogP contribution in [-0.2, 0) is 35.4 Å². The molecule has 0 saturated carbocycles. The molecule has 1 heterocycles. The van der Waals surface area contributed by atoms with Crippen molar-refractivity contribution >= 4 is 11.9 Å². The van der Waals surface area contributed by atoms with Gasteiger partial charge in [-0.25, -0.2) is 4.79 Å². The lowest BCUT2D eigenvalue weighted by atomic mass is 9.99. The van der Waals surface area contributed by atoms with Crippen LogP contribution in [0.5, 0.6) is 0 Å². The van der Waals surface area contributed by atoms with Crippen molar-refractivity contribution in [3.05, 3.63) is 35.9 Å². The van der Waals surface area contributed by atoms with Gasteiger partial charge in [0.05, 0.1) is 13.0 Å². The Morgan fingerprint density at radius 1 is 1.07 bits per heavy atom. The number of carbonyl (C=O) groups is 2. The molecule has 0 bridgehead atoms. The van der Waals surface area contributed by atoms with Crippen LogP contribution >= 0.6 is 0 Å². The molecule has 1 aliphatic heterocycles. The van der Waals surface area contributed by atoms with Crippen molar-refractivity contribution in [2.75, 3.05) is 6.61 Å². The topological polar surface area (TPSA) is 172 Å². The van der Waals surface area contributed by atoms with Crippen LogP contribution in [0.4, 0.5) is 0 Å². The molecule has 0 radical (unpaired) electrons. The number of carbonyl (C=O) groups excluding carboxylic acids is 2. The maximum absolute atomic E-state index is 11.7. The van der Waals surface area contributed by atoms with Crippen molar-refractivity contribution in [2.45, 2.75) is 49.8 Å². The van der Waals surface area contributed by atoms with E-state index < -0.39 is 61.8 Å². The summed E-state index contributed by atoms with van der Waals surface area (Å²) in [5.41, 5.74) is 0.721. The molecule has 5 N–H and O–H groups in total. The summed E-state index contributed by atoms with van der Waals surface area (Å²) < 4.78 is 9.86. The summed E-state index contributed by atoms with van der Waals surface area (Å²) in [7, 11) is 0. The lowest BCUT2D eigenvalue weighted by Gasteiger charge is -2.38. The number of aliphatic hydroxyl groups excluding tert-OH is 5. The van der Waals surface area contributed by atoms with Crippen molar-refractivity contribution in [3.63, 3.8) is 0 Å². The summed E-state index contributed by atoms with van der Waals surface area (Å²) in [4.78, 5) is 32.2. The van der Waals surface area contributed by atoms with Gasteiger partial charge < -0.3 is 35.0 Å². The smallest absolute Gasteiger partial charge is 0.371 e. The Hall–Kier alpha value is -2.12. The van der Waals surface area contributed by atoms with Crippen LogP contribution in [0.25, 0.3) is 0 Å². The van der Waals surface area contributed by atoms with Gasteiger partial charge in [-0.15, -0.1) is 4.89 Å². The molecular weight excluding hydrogens is 380 g/mol. The average molecular weight is 402 g/mol. The number of esters is 1. The van der Waals surface area contributed by atoms with Gasteiger partial charge in [0.15, 0.2) is 6.10 Å². The maximum atomic E-state index is 11.7. The highest BCUT2D eigenvalue weighted by molar-refractivity contribution is 5.81. The minimum absolute atomic E-state index is 0.0389. The molecule has 0 amide bonds. The molecule has 0 spiro atoms. The van der Waals surface area contributed by atoms with E-state index in [-0.39, 0.29) is 6.61 Å². The monoisotopic (exact) mass is 402 g/mol. The molecule has 1 saturated heterocycles. The van der Waals surface area contributed by atoms with Crippen molar-refractivity contribution in [3.8, 4) is 0 Å². The molecule has 1 aromatic carbocycles. The first-order chi connectivity index (χ1) is 13.3. The van der Waals surface area contributed by atoms with E-state index in [9.17, 15) is 30.0 Å². The van der Waals surface area contributed by atoms with Crippen LogP contribution in [-0.4, -0.2) is 80.9 Å². The van der Waals surface area contributed by atoms with Crippen LogP contribution in [0, 0.1) is 0 Å². The van der Waals surface area contributed by atoms with E-state index in [1.165, 1.54) is 0 Å². The van der Waals surface area contributed by atoms with E-state index in [4.69, 9.17) is 14.6 Å². The highest BCUT2D eigenvalue weighted by Gasteiger charge is 2.45. The fourth-order valence-corrected chi connectivity index (χ4v) is 2.34. The first-order valence-electron chi connectivity index (χ1n) is 8.38. The van der Waals surface area contributed by atoms with Crippen molar-refractivity contribution in [1.82, 2.24) is 0 Å². The summed E-state index contributed by atoms with van der Waals surface area (Å²) >= 11 is 0. The van der Waals surface area contributed by atoms with Crippen LogP contribution in [0.3, 0.4) is 0 Å². The number of hydrogen-bond donors (Lipinski definition) is 5. The second-order valence-corrected chi connectivity index (χ2v) is 6.06. The Morgan fingerprint density at radius 2 is 1.75 bits per heavy atom. The van der Waals surface area contributed by atoms with Gasteiger partial charge in [-0.2, -0.15) is 0 Å². The van der Waals surface area contributed by atoms with Gasteiger partial charge in [0, 0.05) is 0 Å². The van der Waals surface area contributed by atoms with Gasteiger partial charge >= 0.3 is 11.9 Å². The molecule has 6 atom stereocenters. The first-order valence-corrected chi connectivity index (χ1v) is 8.38. The second-order valence-electron chi connectivity index (χ2n) is 6.06. The standard InChI is InChI=1S/C17H22O11/c18-7-11-13(21)14(22)15(23)17(26-11)28-27-16(24)10(19)6-12(20)25-8-9-4-2-1-3-5-9/h1-5,10-11,13-15,17-19,21-23H,6-8H2/t10?,11-,13-,14+,15-,17?/m1/s1. The lowest BCUT2D eigenvalue weighted by Crippen LogP contribution is -2.59. The van der Waals surface area contributed by atoms with Gasteiger partial charge in [0.25, 0.3) is 0 Å². The predicted molar refractivity (Wildman–Crippen MR) is 87.8 cm³/mol. The van der Waals surface area contributed by atoms with Gasteiger partial charge in [-0.3, -0.25) is 9.68 Å². The Kier molecular flexibility index (Phi) is 8.26. The number of hydrogen-bond acceptors (Lipinski definition) is 11. The molecule has 1 fully saturated rings. The third-order valence-corrected chi connectivity index (χ3v) is 3.95. The Bertz CT molecular complexity index is 635. The molecule has 0 aliphatic carbocycles. The Morgan fingerprint density at radius 3 is 2.39 bits per heavy atom. The van der Waals surface area contributed by atoms with E-state index in [1.54, 1.807) is 30.3 Å². The maximum Gasteiger partial charge on any atom is 0.371 e. The average Bonchev–Trinajstić information content (AvgIpc) is 2.70. The van der Waals surface area contributed by atoms with Gasteiger partial charge in [0.1, 0.15) is 31.0 Å². The van der Waals surface area contributed by atoms with Crippen LogP contribution in [0.2, 0.25) is 0 Å². The quantitative estimate of drug-likeness (QED) is 0.181. The zero-order valence-corrected chi connectivity index (χ0v) is 14.7. The summed E-state index contributed by atoms with van der Waals surface area (Å²) in [6.45, 7) is -0.739. The highest BCUT2D eigenvalue weighted by Crippen LogP contribution is 2.22. The van der Waals surface area contributed by atoms with Crippen molar-refractivity contribution in [1.29, 1.82) is 0 Å². The van der Waals surface area contributed by atoms with E-state index in [2.05, 4.69) is 9.78 Å². The minimum atomic E-state index is -1.91. The van der Waals surface area contributed by atoms with Gasteiger partial charge in [-0.1, -0.05) is 30.3 Å². The van der Waals surface area contributed by atoms with E-state index >= 15 is 0 Å². The van der Waals surface area contributed by atoms with Crippen molar-refractivity contribution < 1.29 is 54.4 Å². The molecule has 0 aromatic heterocycles. The van der Waals surface area contributed by atoms with Gasteiger partial charge in [-0.05, 0) is 5.56 Å². The summed E-state index contributed by atoms with van der Waals surface area (Å²) in [5, 5.41) is 47.7. The third-order valence-electron chi connectivity index (χ3n) is 3.95. The Balaban J connectivity index is 1.76. The molecule has 2 rings (SSSR count). The molecular formula is C17H22O11. The first kappa shape index (κ1) is 22.2.